The summed E-state index contributed by atoms with van der Waals surface area (Å²) in [6.45, 7) is 20.9. The van der Waals surface area contributed by atoms with E-state index in [9.17, 15) is 2.74 Å². The van der Waals surface area contributed by atoms with Gasteiger partial charge in [-0.3, -0.25) is 4.57 Å². The molecule has 10 aromatic rings. The topological polar surface area (TPSA) is 35.9 Å². The average Bonchev–Trinajstić information content (AvgIpc) is 3.93. The smallest absolute Gasteiger partial charge is 0.268 e. The molecule has 0 aliphatic rings. The van der Waals surface area contributed by atoms with Crippen molar-refractivity contribution in [1.29, 1.82) is 0 Å². The average molecular weight is 1080 g/mol. The van der Waals surface area contributed by atoms with E-state index in [4.69, 9.17) is 16.6 Å². The summed E-state index contributed by atoms with van der Waals surface area (Å²) in [6.07, 6.45) is 3.71. The number of imidazole rings is 1. The molecule has 0 amide bonds. The van der Waals surface area contributed by atoms with Crippen LogP contribution in [0.25, 0.3) is 72.3 Å². The Morgan fingerprint density at radius 1 is 0.662 bits per heavy atom. The number of aryl methyl sites for hydroxylation is 1. The van der Waals surface area contributed by atoms with Gasteiger partial charge in [-0.05, 0) is 103 Å². The van der Waals surface area contributed by atoms with Crippen LogP contribution in [0, 0.1) is 30.8 Å². The summed E-state index contributed by atoms with van der Waals surface area (Å²) in [5.74, 6) is 1.42. The van der Waals surface area contributed by atoms with Gasteiger partial charge in [-0.1, -0.05) is 171 Å². The van der Waals surface area contributed by atoms with Crippen LogP contribution in [0.1, 0.15) is 94.2 Å². The molecule has 0 aliphatic heterocycles. The van der Waals surface area contributed by atoms with Gasteiger partial charge in [0, 0.05) is 47.0 Å². The van der Waals surface area contributed by atoms with E-state index in [1.54, 1.807) is 12.3 Å². The summed E-state index contributed by atoms with van der Waals surface area (Å²) < 4.78 is 75.1. The Balaban J connectivity index is 0.00000689. The van der Waals surface area contributed by atoms with Crippen LogP contribution in [0.4, 0.5) is 0 Å². The van der Waals surface area contributed by atoms with Crippen LogP contribution >= 0.6 is 0 Å². The van der Waals surface area contributed by atoms with E-state index in [0.29, 0.717) is 39.8 Å². The van der Waals surface area contributed by atoms with Crippen LogP contribution in [-0.4, -0.2) is 14.1 Å². The molecular formula is C62H58N4OPt-2. The first-order chi connectivity index (χ1) is 34.8. The van der Waals surface area contributed by atoms with Crippen molar-refractivity contribution in [3.63, 3.8) is 0 Å². The Labute approximate surface area is 426 Å². The van der Waals surface area contributed by atoms with Crippen molar-refractivity contribution in [3.05, 3.63) is 198 Å². The molecule has 0 N–H and O–H groups in total. The molecule has 10 rings (SSSR count). The van der Waals surface area contributed by atoms with Crippen LogP contribution in [0.15, 0.2) is 158 Å². The predicted octanol–water partition coefficient (Wildman–Crippen LogP) is 15.4. The molecule has 6 heteroatoms. The molecule has 7 aromatic carbocycles. The van der Waals surface area contributed by atoms with Gasteiger partial charge in [0.15, 0.2) is 0 Å². The number of fused-ring (bicyclic) bond motifs is 4. The van der Waals surface area contributed by atoms with Crippen LogP contribution < -0.4 is 9.30 Å². The first-order valence-corrected chi connectivity index (χ1v) is 22.8. The van der Waals surface area contributed by atoms with Gasteiger partial charge < -0.3 is 13.9 Å². The second-order valence-corrected chi connectivity index (χ2v) is 20.4. The zero-order chi connectivity index (χ0) is 53.0. The molecule has 3 aromatic heterocycles. The largest absolute Gasteiger partial charge is 0.510 e. The summed E-state index contributed by atoms with van der Waals surface area (Å²) in [7, 11) is 0. The van der Waals surface area contributed by atoms with E-state index in [-0.39, 0.29) is 49.5 Å². The fourth-order valence-corrected chi connectivity index (χ4v) is 8.88. The molecule has 344 valence electrons. The standard InChI is InChI=1S/C62H58N4O.Pt/c1-41-19-16-28-55-58(41)65(59-50(43-20-12-11-13-21-43)25-18-26-51(59)44-34-45(61(5,6)7)36-46(35-44)62(8,9)10)40-64(55)47-22-17-23-48(37-47)67-49-29-30-53-52-24-14-15-27-54(52)66(56(53)38-49)57-33-42(31-32-63-57)39-60(2,3)4;/h11-36H,39H2,1-10H3;/q-2;/i11D,12D,13D,20D,21D,39D2;. The minimum atomic E-state index is -1.63. The normalized spacial score (nSPS) is 13.9. The molecule has 0 radical (unpaired) electrons. The summed E-state index contributed by atoms with van der Waals surface area (Å²) in [5.41, 5.74) is 9.39. The molecule has 0 saturated carbocycles. The minimum Gasteiger partial charge on any atom is -0.510 e. The molecule has 0 atom stereocenters. The number of hydrogen-bond donors (Lipinski definition) is 0. The molecule has 0 bridgehead atoms. The first kappa shape index (κ1) is 38.4. The Morgan fingerprint density at radius 2 is 1.32 bits per heavy atom. The van der Waals surface area contributed by atoms with E-state index in [2.05, 4.69) is 84.3 Å². The van der Waals surface area contributed by atoms with E-state index in [1.165, 1.54) is 0 Å². The van der Waals surface area contributed by atoms with E-state index in [1.807, 2.05) is 132 Å². The molecule has 0 spiro atoms. The van der Waals surface area contributed by atoms with Gasteiger partial charge in [0.25, 0.3) is 6.33 Å². The Hall–Kier alpha value is -6.55. The van der Waals surface area contributed by atoms with Gasteiger partial charge in [0.2, 0.25) is 0 Å². The van der Waals surface area contributed by atoms with Crippen molar-refractivity contribution in [2.75, 3.05) is 0 Å². The molecule has 5 nitrogen and oxygen atoms in total. The number of ether oxygens (including phenoxy) is 1. The number of rotatable bonds is 8. The van der Waals surface area contributed by atoms with Crippen LogP contribution in [0.2, 0.25) is 0 Å². The SMILES string of the molecule is [2H]c1c([2H])c([2H])c(-c2cccc(-c3cc(C(C)(C)C)cc(C(C)(C)C)c3)c2-[n+]2[c-]n(-c3[c-]c(Oc4[c-]c5c(cc4)c4ccccc4n5-c4cc(C([2H])([2H])C(C)(C)C)ccn4)ccc3)c3cccc(C)c32)c([2H])c1[2H].[Pt]. The van der Waals surface area contributed by atoms with Crippen molar-refractivity contribution in [3.8, 4) is 50.9 Å². The number of hydrogen-bond acceptors (Lipinski definition) is 2. The van der Waals surface area contributed by atoms with Crippen molar-refractivity contribution in [1.82, 2.24) is 14.1 Å². The van der Waals surface area contributed by atoms with Crippen LogP contribution in [0.3, 0.4) is 0 Å². The quantitative estimate of drug-likeness (QED) is 0.112. The maximum atomic E-state index is 9.24. The summed E-state index contributed by atoms with van der Waals surface area (Å²) in [6, 6.07) is 44.8. The monoisotopic (exact) mass is 1080 g/mol. The zero-order valence-corrected chi connectivity index (χ0v) is 42.4. The number of aromatic nitrogens is 4. The van der Waals surface area contributed by atoms with Crippen molar-refractivity contribution >= 4 is 32.8 Å². The van der Waals surface area contributed by atoms with Gasteiger partial charge in [0.1, 0.15) is 5.82 Å². The van der Waals surface area contributed by atoms with Crippen molar-refractivity contribution < 1.29 is 40.0 Å². The third-order valence-corrected chi connectivity index (χ3v) is 12.2. The van der Waals surface area contributed by atoms with Gasteiger partial charge in [-0.2, -0.15) is 18.2 Å². The second kappa shape index (κ2) is 17.8. The minimum absolute atomic E-state index is 0. The van der Waals surface area contributed by atoms with Crippen molar-refractivity contribution in [2.45, 2.75) is 86.4 Å². The molecule has 68 heavy (non-hydrogen) atoms. The second-order valence-electron chi connectivity index (χ2n) is 20.4. The van der Waals surface area contributed by atoms with E-state index >= 15 is 0 Å². The van der Waals surface area contributed by atoms with Gasteiger partial charge >= 0.3 is 0 Å². The maximum Gasteiger partial charge on any atom is 0.268 e. The number of benzene rings is 7. The zero-order valence-electron chi connectivity index (χ0n) is 47.1. The number of para-hydroxylation sites is 3. The van der Waals surface area contributed by atoms with Crippen LogP contribution in [0.5, 0.6) is 11.5 Å². The first-order valence-electron chi connectivity index (χ1n) is 26.3. The fraction of sp³-hybridized carbons (Fsp3) is 0.226. The molecule has 0 saturated heterocycles. The molecule has 3 heterocycles. The van der Waals surface area contributed by atoms with Gasteiger partial charge in [0.05, 0.1) is 23.6 Å². The molecular weight excluding hydrogens is 1010 g/mol. The third kappa shape index (κ3) is 8.97. The summed E-state index contributed by atoms with van der Waals surface area (Å²) in [5, 5.41) is 1.93. The van der Waals surface area contributed by atoms with Crippen LogP contribution in [-0.2, 0) is 38.3 Å². The van der Waals surface area contributed by atoms with Crippen molar-refractivity contribution in [2.24, 2.45) is 5.41 Å². The van der Waals surface area contributed by atoms with Gasteiger partial charge in [-0.25, -0.2) is 4.98 Å². The number of pyridine rings is 1. The summed E-state index contributed by atoms with van der Waals surface area (Å²) in [4.78, 5) is 4.76. The Morgan fingerprint density at radius 3 is 2.04 bits per heavy atom. The van der Waals surface area contributed by atoms with E-state index < -0.39 is 29.9 Å². The Bertz CT molecular complexity index is 3830. The fourth-order valence-electron chi connectivity index (χ4n) is 8.88. The molecule has 0 unspecified atom stereocenters. The number of nitrogens with zero attached hydrogens (tertiary/aromatic N) is 4. The molecule has 0 aliphatic carbocycles. The van der Waals surface area contributed by atoms with Gasteiger partial charge in [-0.15, -0.1) is 29.7 Å². The Kier molecular flexibility index (Phi) is 10.1. The summed E-state index contributed by atoms with van der Waals surface area (Å²) >= 11 is 0. The predicted molar refractivity (Wildman–Crippen MR) is 276 cm³/mol. The van der Waals surface area contributed by atoms with E-state index in [0.717, 1.165) is 60.7 Å². The third-order valence-electron chi connectivity index (χ3n) is 12.2. The maximum absolute atomic E-state index is 9.24. The molecule has 0 fully saturated rings.